The van der Waals surface area contributed by atoms with Gasteiger partial charge in [-0.15, -0.1) is 0 Å². The Morgan fingerprint density at radius 1 is 0.323 bits per heavy atom. The van der Waals surface area contributed by atoms with E-state index < -0.39 is 76.8 Å². The van der Waals surface area contributed by atoms with Crippen LogP contribution in [0.2, 0.25) is 0 Å². The van der Waals surface area contributed by atoms with Gasteiger partial charge in [-0.3, -0.25) is 4.79 Å². The van der Waals surface area contributed by atoms with Gasteiger partial charge in [-0.25, -0.2) is 80.1 Å². The third kappa shape index (κ3) is 41.5. The molecular formula is C70H112N8O21. The second-order valence-electron chi connectivity index (χ2n) is 24.3. The molecule has 0 spiro atoms. The molecular weight excluding hydrogens is 1290 g/mol. The lowest BCUT2D eigenvalue weighted by atomic mass is 10.1. The number of hydrogen-bond donors (Lipinski definition) is 2. The Bertz CT molecular complexity index is 3160. The zero-order chi connectivity index (χ0) is 73.8. The van der Waals surface area contributed by atoms with E-state index in [1.807, 2.05) is 0 Å². The smallest absolute Gasteiger partial charge is 0.410 e. The number of nitrogens with one attached hydrogen (secondary N) is 2. The van der Waals surface area contributed by atoms with E-state index >= 15 is 0 Å². The Hall–Kier alpha value is -8.53. The number of ether oxygens (including phenoxy) is 6. The summed E-state index contributed by atoms with van der Waals surface area (Å²) in [5.74, 6) is -1.89. The summed E-state index contributed by atoms with van der Waals surface area (Å²) in [6, 6.07) is 0. The van der Waals surface area contributed by atoms with Crippen molar-refractivity contribution in [1.29, 1.82) is 0 Å². The number of carbonyl (C=O) groups is 9. The van der Waals surface area contributed by atoms with Crippen LogP contribution in [-0.4, -0.2) is 120 Å². The predicted molar refractivity (Wildman–Crippen MR) is 371 cm³/mol. The Labute approximate surface area is 580 Å². The first-order valence-corrected chi connectivity index (χ1v) is 35.3. The molecule has 0 aromatic carbocycles. The lowest BCUT2D eigenvalue weighted by Gasteiger charge is -2.14. The lowest BCUT2D eigenvalue weighted by molar-refractivity contribution is -0.159. The average molecular weight is 1400 g/mol. The zero-order valence-electron chi connectivity index (χ0n) is 59.5. The van der Waals surface area contributed by atoms with Crippen LogP contribution in [0.3, 0.4) is 0 Å². The van der Waals surface area contributed by atoms with Gasteiger partial charge < -0.3 is 53.4 Å². The second-order valence-corrected chi connectivity index (χ2v) is 24.3. The van der Waals surface area contributed by atoms with Crippen molar-refractivity contribution >= 4 is 53.4 Å². The summed E-state index contributed by atoms with van der Waals surface area (Å²) < 4.78 is 36.1. The van der Waals surface area contributed by atoms with E-state index in [-0.39, 0.29) is 82.2 Å². The number of Topliss-reactive ketones (excluding diaryl/α,β-unsaturated/α-hetero) is 3. The van der Waals surface area contributed by atoms with Gasteiger partial charge >= 0.3 is 70.2 Å². The molecule has 558 valence electrons. The van der Waals surface area contributed by atoms with Crippen LogP contribution in [0.15, 0.2) is 66.7 Å². The van der Waals surface area contributed by atoms with Gasteiger partial charge in [-0.2, -0.15) is 0 Å². The van der Waals surface area contributed by atoms with Gasteiger partial charge in [0.05, 0.1) is 0 Å². The van der Waals surface area contributed by atoms with E-state index in [2.05, 4.69) is 30.4 Å². The molecule has 0 aliphatic carbocycles. The highest BCUT2D eigenvalue weighted by molar-refractivity contribution is 5.82. The van der Waals surface area contributed by atoms with Crippen LogP contribution in [0.1, 0.15) is 240 Å². The minimum atomic E-state index is -1.07. The molecule has 0 aliphatic rings. The van der Waals surface area contributed by atoms with E-state index in [0.717, 1.165) is 133 Å². The summed E-state index contributed by atoms with van der Waals surface area (Å²) in [7, 11) is 0. The number of hydrogen-bond acceptors (Lipinski definition) is 21. The second kappa shape index (κ2) is 54.4. The fourth-order valence-electron chi connectivity index (χ4n) is 10.3. The van der Waals surface area contributed by atoms with Gasteiger partial charge in [0, 0.05) is 110 Å². The highest BCUT2D eigenvalue weighted by Crippen LogP contribution is 2.11. The summed E-state index contributed by atoms with van der Waals surface area (Å²) in [5, 5.41) is 5.15. The molecule has 99 heavy (non-hydrogen) atoms. The first-order chi connectivity index (χ1) is 47.4. The summed E-state index contributed by atoms with van der Waals surface area (Å²) in [6.45, 7) is 19.1. The number of alkyl carbamates (subject to hydrolysis) is 2. The molecule has 0 radical (unpaired) electrons. The number of unbranched alkanes of at least 4 members (excludes halogenated alkanes) is 22. The van der Waals surface area contributed by atoms with Crippen molar-refractivity contribution < 1.29 is 71.6 Å². The number of amides is 2. The van der Waals surface area contributed by atoms with Gasteiger partial charge in [0.25, 0.3) is 0 Å². The SMILES string of the molecule is C=CC(=O)OC(C)OC(=O)NCCCCCCn1c(=O)n(CCCCCCCC(C)=O)c(=O)n(CCCCCCCC(C)=O)c1=O.C=CC(=O)OCCOC(=O)CCCCCCCn1c(=O)n(CCCCCCCC(C)=O)c(=O)n(CCCCCCNC(=O)OC(C)OC(=O)C=C)c1=O. The van der Waals surface area contributed by atoms with Crippen molar-refractivity contribution in [2.24, 2.45) is 0 Å². The van der Waals surface area contributed by atoms with E-state index in [1.54, 1.807) is 20.8 Å². The largest absolute Gasteiger partial charge is 0.462 e. The molecule has 2 rings (SSSR count). The molecule has 2 N–H and O–H groups in total. The first kappa shape index (κ1) is 88.5. The monoisotopic (exact) mass is 1400 g/mol. The molecule has 29 heteroatoms. The predicted octanol–water partition coefficient (Wildman–Crippen LogP) is 8.47. The molecule has 2 heterocycles. The molecule has 29 nitrogen and oxygen atoms in total. The number of rotatable bonds is 56. The quantitative estimate of drug-likeness (QED) is 0.0206. The van der Waals surface area contributed by atoms with Gasteiger partial charge in [-0.1, -0.05) is 122 Å². The molecule has 0 bridgehead atoms. The fraction of sp³-hybridized carbons (Fsp3) is 0.700. The standard InChI is InChI=1S/C37H58N4O12.C33H54N4O9/c1-5-31(43)50-27-28-51-33(45)22-16-10-8-13-19-25-40-35(47)39(24-18-12-7-9-15-21-29(3)42)36(48)41(37(40)49)26-20-14-11-17-23-38-34(46)53-30(4)52-32(44)6-2;1-5-29(40)45-28(4)46-30(41)34-22-16-10-13-19-25-37-32(43)35(23-17-11-6-8-14-20-26(2)38)31(42)36(33(37)44)24-18-12-7-9-15-21-27(3)39/h5-6,30H,1-2,7-28H2,3-4H3,(H,38,46);5,28H,1,6-25H2,2-4H3,(H,34,41). The maximum Gasteiger partial charge on any atom is 0.410 e. The van der Waals surface area contributed by atoms with Crippen LogP contribution >= 0.6 is 0 Å². The summed E-state index contributed by atoms with van der Waals surface area (Å²) in [5.41, 5.74) is -3.66. The van der Waals surface area contributed by atoms with Crippen molar-refractivity contribution in [2.45, 2.75) is 292 Å². The van der Waals surface area contributed by atoms with E-state index in [0.29, 0.717) is 116 Å². The molecule has 2 atom stereocenters. The number of aromatic nitrogens is 6. The van der Waals surface area contributed by atoms with E-state index in [4.69, 9.17) is 28.4 Å². The summed E-state index contributed by atoms with van der Waals surface area (Å²) in [4.78, 5) is 182. The van der Waals surface area contributed by atoms with Crippen molar-refractivity contribution in [3.63, 3.8) is 0 Å². The third-order valence-electron chi connectivity index (χ3n) is 15.6. The maximum atomic E-state index is 13.4. The van der Waals surface area contributed by atoms with Gasteiger partial charge in [-0.05, 0) is 97.8 Å². The molecule has 0 saturated heterocycles. The van der Waals surface area contributed by atoms with Crippen LogP contribution in [0.5, 0.6) is 0 Å². The average Bonchev–Trinajstić information content (AvgIpc) is 0.798. The van der Waals surface area contributed by atoms with Crippen molar-refractivity contribution in [1.82, 2.24) is 38.0 Å². The number of esters is 4. The molecule has 2 unspecified atom stereocenters. The van der Waals surface area contributed by atoms with Gasteiger partial charge in [0.2, 0.25) is 12.6 Å². The Kier molecular flexibility index (Phi) is 48.6. The molecule has 2 amide bonds. The highest BCUT2D eigenvalue weighted by Gasteiger charge is 2.19. The zero-order valence-corrected chi connectivity index (χ0v) is 59.5. The number of carbonyl (C=O) groups excluding carboxylic acids is 9. The third-order valence-corrected chi connectivity index (χ3v) is 15.6. The fourth-order valence-corrected chi connectivity index (χ4v) is 10.3. The molecule has 2 aromatic rings. The lowest BCUT2D eigenvalue weighted by Crippen LogP contribution is -2.54. The molecule has 2 aromatic heterocycles. The van der Waals surface area contributed by atoms with E-state index in [1.165, 1.54) is 23.0 Å². The van der Waals surface area contributed by atoms with Crippen LogP contribution in [-0.2, 0) is 101 Å². The maximum absolute atomic E-state index is 13.4. The summed E-state index contributed by atoms with van der Waals surface area (Å²) in [6.07, 6.45) is 21.7. The van der Waals surface area contributed by atoms with Crippen LogP contribution < -0.4 is 44.8 Å². The number of nitrogens with zero attached hydrogens (tertiary/aromatic N) is 6. The van der Waals surface area contributed by atoms with Crippen molar-refractivity contribution in [3.8, 4) is 0 Å². The highest BCUT2D eigenvalue weighted by atomic mass is 16.7. The normalized spacial score (nSPS) is 11.4. The van der Waals surface area contributed by atoms with Gasteiger partial charge in [0.15, 0.2) is 0 Å². The van der Waals surface area contributed by atoms with Gasteiger partial charge in [0.1, 0.15) is 30.6 Å². The number of ketones is 3. The van der Waals surface area contributed by atoms with Crippen molar-refractivity contribution in [3.05, 3.63) is 101 Å². The Balaban J connectivity index is 0.000001000. The molecule has 0 saturated carbocycles. The van der Waals surface area contributed by atoms with Crippen LogP contribution in [0.25, 0.3) is 0 Å². The van der Waals surface area contributed by atoms with Crippen LogP contribution in [0, 0.1) is 0 Å². The molecule has 0 fully saturated rings. The summed E-state index contributed by atoms with van der Waals surface area (Å²) >= 11 is 0. The Morgan fingerprint density at radius 3 is 0.818 bits per heavy atom. The topological polar surface area (TPSA) is 365 Å². The minimum absolute atomic E-state index is 0.0257. The van der Waals surface area contributed by atoms with E-state index in [9.17, 15) is 71.9 Å². The van der Waals surface area contributed by atoms with Crippen LogP contribution in [0.4, 0.5) is 9.59 Å². The first-order valence-electron chi connectivity index (χ1n) is 35.3. The van der Waals surface area contributed by atoms with Crippen molar-refractivity contribution in [2.75, 3.05) is 26.3 Å². The minimum Gasteiger partial charge on any atom is -0.462 e. The Morgan fingerprint density at radius 2 is 0.556 bits per heavy atom. The molecule has 0 aliphatic heterocycles.